The number of benzene rings is 1. The van der Waals surface area contributed by atoms with E-state index in [9.17, 15) is 4.79 Å². The molecule has 5 rings (SSSR count). The average molecular weight is 420 g/mol. The molecule has 3 aromatic rings. The summed E-state index contributed by atoms with van der Waals surface area (Å²) in [6.45, 7) is 6.12. The van der Waals surface area contributed by atoms with Crippen LogP contribution in [0.3, 0.4) is 0 Å². The summed E-state index contributed by atoms with van der Waals surface area (Å²) >= 11 is 0. The Morgan fingerprint density at radius 1 is 1.23 bits per heavy atom. The number of carbonyl (C=O) groups excluding carboxylic acids is 1. The van der Waals surface area contributed by atoms with Crippen molar-refractivity contribution in [1.82, 2.24) is 24.5 Å². The second-order valence-corrected chi connectivity index (χ2v) is 8.83. The highest BCUT2D eigenvalue weighted by Gasteiger charge is 2.44. The zero-order valence-corrected chi connectivity index (χ0v) is 18.6. The second kappa shape index (κ2) is 7.55. The predicted octanol–water partition coefficient (Wildman–Crippen LogP) is 3.93. The number of aryl methyl sites for hydroxylation is 2. The van der Waals surface area contributed by atoms with Gasteiger partial charge < -0.3 is 9.64 Å². The first kappa shape index (κ1) is 19.8. The molecule has 1 fully saturated rings. The lowest BCUT2D eigenvalue weighted by Gasteiger charge is -2.36. The van der Waals surface area contributed by atoms with Crippen LogP contribution in [0.1, 0.15) is 60.9 Å². The molecule has 0 N–H and O–H groups in total. The van der Waals surface area contributed by atoms with Crippen molar-refractivity contribution in [1.29, 1.82) is 0 Å². The van der Waals surface area contributed by atoms with E-state index in [0.717, 1.165) is 42.1 Å². The molecule has 2 aliphatic heterocycles. The molecule has 31 heavy (non-hydrogen) atoms. The van der Waals surface area contributed by atoms with Gasteiger partial charge in [-0.15, -0.1) is 0 Å². The van der Waals surface area contributed by atoms with E-state index in [-0.39, 0.29) is 24.0 Å². The molecule has 162 valence electrons. The Morgan fingerprint density at radius 2 is 2.00 bits per heavy atom. The van der Waals surface area contributed by atoms with E-state index in [2.05, 4.69) is 28.1 Å². The lowest BCUT2D eigenvalue weighted by Crippen LogP contribution is -2.42. The molecule has 0 spiro atoms. The number of rotatable bonds is 5. The highest BCUT2D eigenvalue weighted by molar-refractivity contribution is 5.78. The fourth-order valence-corrected chi connectivity index (χ4v) is 5.34. The van der Waals surface area contributed by atoms with Crippen molar-refractivity contribution in [2.75, 3.05) is 7.11 Å². The zero-order valence-electron chi connectivity index (χ0n) is 18.6. The van der Waals surface area contributed by atoms with Gasteiger partial charge in [0, 0.05) is 30.1 Å². The van der Waals surface area contributed by atoms with Crippen LogP contribution in [0.15, 0.2) is 36.5 Å². The van der Waals surface area contributed by atoms with E-state index >= 15 is 0 Å². The zero-order chi connectivity index (χ0) is 21.7. The van der Waals surface area contributed by atoms with E-state index in [4.69, 9.17) is 4.74 Å². The molecule has 1 saturated heterocycles. The third-order valence-corrected chi connectivity index (χ3v) is 6.73. The SMILES string of the molecule is COc1ccc(-n2ncc3c2CC2CCC3N2C(=O)CC(C)n2nc(C)cc2C)cc1. The van der Waals surface area contributed by atoms with Crippen molar-refractivity contribution in [2.45, 2.75) is 64.6 Å². The number of aromatic nitrogens is 4. The molecule has 1 amide bonds. The maximum absolute atomic E-state index is 13.4. The van der Waals surface area contributed by atoms with Gasteiger partial charge in [0.05, 0.1) is 42.5 Å². The molecule has 2 aromatic heterocycles. The average Bonchev–Trinajstić information content (AvgIpc) is 3.43. The van der Waals surface area contributed by atoms with E-state index in [1.807, 2.05) is 53.7 Å². The summed E-state index contributed by atoms with van der Waals surface area (Å²) in [6.07, 6.45) is 5.32. The Bertz CT molecular complexity index is 1110. The summed E-state index contributed by atoms with van der Waals surface area (Å²) in [4.78, 5) is 15.5. The van der Waals surface area contributed by atoms with Gasteiger partial charge in [0.1, 0.15) is 5.75 Å². The van der Waals surface area contributed by atoms with Gasteiger partial charge in [-0.2, -0.15) is 10.2 Å². The minimum atomic E-state index is 0.0454. The largest absolute Gasteiger partial charge is 0.497 e. The number of nitrogens with zero attached hydrogens (tertiary/aromatic N) is 5. The summed E-state index contributed by atoms with van der Waals surface area (Å²) in [5.41, 5.74) is 5.54. The minimum Gasteiger partial charge on any atom is -0.497 e. The van der Waals surface area contributed by atoms with Crippen LogP contribution in [0.4, 0.5) is 0 Å². The fraction of sp³-hybridized carbons (Fsp3) is 0.458. The third kappa shape index (κ3) is 3.32. The highest BCUT2D eigenvalue weighted by Crippen LogP contribution is 2.44. The van der Waals surface area contributed by atoms with E-state index in [0.29, 0.717) is 6.42 Å². The Hall–Kier alpha value is -3.09. The molecule has 0 aliphatic carbocycles. The summed E-state index contributed by atoms with van der Waals surface area (Å²) in [7, 11) is 1.67. The molecule has 0 saturated carbocycles. The number of hydrogen-bond donors (Lipinski definition) is 0. The van der Waals surface area contributed by atoms with Crippen molar-refractivity contribution in [3.63, 3.8) is 0 Å². The van der Waals surface area contributed by atoms with Gasteiger partial charge in [0.25, 0.3) is 0 Å². The van der Waals surface area contributed by atoms with Crippen LogP contribution in [0, 0.1) is 13.8 Å². The molecule has 3 atom stereocenters. The maximum Gasteiger partial charge on any atom is 0.225 e. The molecular weight excluding hydrogens is 390 g/mol. The van der Waals surface area contributed by atoms with Crippen LogP contribution >= 0.6 is 0 Å². The summed E-state index contributed by atoms with van der Waals surface area (Å²) in [6, 6.07) is 10.4. The standard InChI is InChI=1S/C24H29N5O2/c1-15-11-16(2)28(26-15)17(3)12-24(30)27-19-7-10-22(27)21-14-25-29(23(21)13-19)18-5-8-20(31-4)9-6-18/h5-6,8-9,11,14,17,19,22H,7,10,12-13H2,1-4H3. The number of methoxy groups -OCH3 is 1. The van der Waals surface area contributed by atoms with Gasteiger partial charge in [0.2, 0.25) is 5.91 Å². The first-order valence-electron chi connectivity index (χ1n) is 11.0. The highest BCUT2D eigenvalue weighted by atomic mass is 16.5. The Morgan fingerprint density at radius 3 is 2.68 bits per heavy atom. The predicted molar refractivity (Wildman–Crippen MR) is 117 cm³/mol. The van der Waals surface area contributed by atoms with Gasteiger partial charge in [-0.3, -0.25) is 9.48 Å². The van der Waals surface area contributed by atoms with Gasteiger partial charge >= 0.3 is 0 Å². The molecule has 7 nitrogen and oxygen atoms in total. The smallest absolute Gasteiger partial charge is 0.225 e. The fourth-order valence-electron chi connectivity index (χ4n) is 5.34. The summed E-state index contributed by atoms with van der Waals surface area (Å²) in [5.74, 6) is 1.05. The molecule has 2 bridgehead atoms. The lowest BCUT2D eigenvalue weighted by molar-refractivity contribution is -0.135. The van der Waals surface area contributed by atoms with Gasteiger partial charge in [-0.25, -0.2) is 4.68 Å². The molecule has 7 heteroatoms. The Balaban J connectivity index is 1.38. The van der Waals surface area contributed by atoms with E-state index < -0.39 is 0 Å². The lowest BCUT2D eigenvalue weighted by atomic mass is 9.99. The Labute approximate surface area is 182 Å². The second-order valence-electron chi connectivity index (χ2n) is 8.83. The van der Waals surface area contributed by atoms with Crippen LogP contribution in [-0.2, 0) is 11.2 Å². The monoisotopic (exact) mass is 419 g/mol. The molecule has 3 unspecified atom stereocenters. The van der Waals surface area contributed by atoms with E-state index in [1.54, 1.807) is 7.11 Å². The number of amides is 1. The first-order chi connectivity index (χ1) is 15.0. The first-order valence-corrected chi connectivity index (χ1v) is 11.0. The Kier molecular flexibility index (Phi) is 4.84. The van der Waals surface area contributed by atoms with Crippen molar-refractivity contribution >= 4 is 5.91 Å². The van der Waals surface area contributed by atoms with Crippen LogP contribution in [0.2, 0.25) is 0 Å². The topological polar surface area (TPSA) is 65.2 Å². The number of ether oxygens (including phenoxy) is 1. The molecule has 4 heterocycles. The summed E-state index contributed by atoms with van der Waals surface area (Å²) in [5, 5.41) is 9.25. The van der Waals surface area contributed by atoms with Gasteiger partial charge in [0.15, 0.2) is 0 Å². The van der Waals surface area contributed by atoms with Crippen molar-refractivity contribution < 1.29 is 9.53 Å². The molecular formula is C24H29N5O2. The maximum atomic E-state index is 13.4. The van der Waals surface area contributed by atoms with E-state index in [1.165, 1.54) is 11.3 Å². The molecule has 0 radical (unpaired) electrons. The van der Waals surface area contributed by atoms with Crippen LogP contribution in [0.25, 0.3) is 5.69 Å². The number of fused-ring (bicyclic) bond motifs is 4. The van der Waals surface area contributed by atoms with Crippen LogP contribution in [0.5, 0.6) is 5.75 Å². The van der Waals surface area contributed by atoms with Crippen LogP contribution < -0.4 is 4.74 Å². The quantitative estimate of drug-likeness (QED) is 0.628. The van der Waals surface area contributed by atoms with Crippen molar-refractivity contribution in [3.05, 3.63) is 59.2 Å². The number of carbonyl (C=O) groups is 1. The number of hydrogen-bond acceptors (Lipinski definition) is 4. The minimum absolute atomic E-state index is 0.0454. The van der Waals surface area contributed by atoms with Crippen molar-refractivity contribution in [3.8, 4) is 11.4 Å². The van der Waals surface area contributed by atoms with Crippen molar-refractivity contribution in [2.24, 2.45) is 0 Å². The third-order valence-electron chi connectivity index (χ3n) is 6.73. The van der Waals surface area contributed by atoms with Gasteiger partial charge in [-0.05, 0) is 63.9 Å². The van der Waals surface area contributed by atoms with Gasteiger partial charge in [-0.1, -0.05) is 0 Å². The molecule has 1 aromatic carbocycles. The summed E-state index contributed by atoms with van der Waals surface area (Å²) < 4.78 is 9.28. The van der Waals surface area contributed by atoms with Crippen LogP contribution in [-0.4, -0.2) is 43.5 Å². The molecule has 2 aliphatic rings. The normalized spacial score (nSPS) is 20.6.